The number of anilines is 2. The molecule has 2 saturated heterocycles. The Morgan fingerprint density at radius 3 is 2.57 bits per heavy atom. The second kappa shape index (κ2) is 12.5. The fourth-order valence-electron chi connectivity index (χ4n) is 6.15. The molecule has 46 heavy (non-hydrogen) atoms. The first-order chi connectivity index (χ1) is 22.0. The number of esters is 1. The molecule has 0 radical (unpaired) electrons. The highest BCUT2D eigenvalue weighted by molar-refractivity contribution is 5.76. The number of carbonyl (C=O) groups excluding carboxylic acids is 1. The molecule has 6 rings (SSSR count). The summed E-state index contributed by atoms with van der Waals surface area (Å²) in [5, 5.41) is 7.62. The number of benzene rings is 1. The number of ether oxygens (including phenoxy) is 2. The highest BCUT2D eigenvalue weighted by atomic mass is 19.4. The maximum Gasteiger partial charge on any atom is 0.429 e. The monoisotopic (exact) mass is 637 g/mol. The molecule has 1 aromatic carbocycles. The second-order valence-electron chi connectivity index (χ2n) is 11.6. The van der Waals surface area contributed by atoms with Crippen LogP contribution in [0.2, 0.25) is 0 Å². The number of rotatable bonds is 8. The Morgan fingerprint density at radius 2 is 1.89 bits per heavy atom. The number of hydrogen-bond donors (Lipinski definition) is 2. The van der Waals surface area contributed by atoms with E-state index >= 15 is 0 Å². The summed E-state index contributed by atoms with van der Waals surface area (Å²) in [6.07, 6.45) is 0.881. The van der Waals surface area contributed by atoms with Crippen molar-refractivity contribution in [3.63, 3.8) is 0 Å². The van der Waals surface area contributed by atoms with E-state index in [9.17, 15) is 18.0 Å². The Labute approximate surface area is 263 Å². The van der Waals surface area contributed by atoms with E-state index in [1.807, 2.05) is 4.90 Å². The van der Waals surface area contributed by atoms with Crippen molar-refractivity contribution in [1.82, 2.24) is 35.0 Å². The van der Waals surface area contributed by atoms with Crippen LogP contribution in [0.4, 0.5) is 24.9 Å². The molecule has 242 valence electrons. The molecule has 2 aliphatic rings. The van der Waals surface area contributed by atoms with Gasteiger partial charge in [-0.3, -0.25) is 4.79 Å². The minimum atomic E-state index is -4.84. The summed E-state index contributed by atoms with van der Waals surface area (Å²) < 4.78 is 56.9. The summed E-state index contributed by atoms with van der Waals surface area (Å²) in [5.41, 5.74) is 7.58. The molecule has 4 aromatic rings. The van der Waals surface area contributed by atoms with Crippen LogP contribution in [0.1, 0.15) is 43.5 Å². The Kier molecular flexibility index (Phi) is 8.51. The molecule has 12 nitrogen and oxygen atoms in total. The van der Waals surface area contributed by atoms with Crippen molar-refractivity contribution in [3.8, 4) is 22.7 Å². The molecule has 0 unspecified atom stereocenters. The fourth-order valence-corrected chi connectivity index (χ4v) is 6.15. The molecule has 15 heteroatoms. The van der Waals surface area contributed by atoms with Gasteiger partial charge in [0.2, 0.25) is 17.9 Å². The molecule has 2 atom stereocenters. The van der Waals surface area contributed by atoms with Gasteiger partial charge in [0.05, 0.1) is 18.0 Å². The smallest absolute Gasteiger partial charge is 0.429 e. The van der Waals surface area contributed by atoms with Crippen molar-refractivity contribution in [2.45, 2.75) is 51.4 Å². The van der Waals surface area contributed by atoms with E-state index in [2.05, 4.69) is 30.4 Å². The molecular formula is C31H34F3N9O3. The molecule has 0 saturated carbocycles. The van der Waals surface area contributed by atoms with Gasteiger partial charge in [0.1, 0.15) is 18.2 Å². The number of aryl methyl sites for hydroxylation is 1. The molecule has 2 fully saturated rings. The average molecular weight is 638 g/mol. The SMILES string of the molecule is CCOC(=O)[C@@H]1CC2(CCN(c3cc(O[C@H](c4cc(-c5cncnc5)ccc4-n4ccc(C)n4)C(F)(F)F)nc(N)n3)CC2)CN1. The van der Waals surface area contributed by atoms with Crippen molar-refractivity contribution in [2.24, 2.45) is 5.41 Å². The van der Waals surface area contributed by atoms with Crippen LogP contribution in [-0.2, 0) is 9.53 Å². The van der Waals surface area contributed by atoms with E-state index in [1.54, 1.807) is 38.2 Å². The fraction of sp³-hybridized carbons (Fsp3) is 0.419. The van der Waals surface area contributed by atoms with Crippen LogP contribution in [0.3, 0.4) is 0 Å². The lowest BCUT2D eigenvalue weighted by Gasteiger charge is -2.39. The van der Waals surface area contributed by atoms with E-state index in [0.717, 1.165) is 12.8 Å². The van der Waals surface area contributed by atoms with Crippen LogP contribution in [0.5, 0.6) is 5.88 Å². The number of alkyl halides is 3. The summed E-state index contributed by atoms with van der Waals surface area (Å²) in [6.45, 7) is 5.67. The summed E-state index contributed by atoms with van der Waals surface area (Å²) >= 11 is 0. The van der Waals surface area contributed by atoms with Crippen LogP contribution in [0, 0.1) is 12.3 Å². The summed E-state index contributed by atoms with van der Waals surface area (Å²) in [4.78, 5) is 30.5. The highest BCUT2D eigenvalue weighted by Crippen LogP contribution is 2.43. The minimum Gasteiger partial charge on any atom is -0.465 e. The van der Waals surface area contributed by atoms with Crippen LogP contribution in [0.15, 0.2) is 55.2 Å². The maximum absolute atomic E-state index is 14.9. The third-order valence-corrected chi connectivity index (χ3v) is 8.50. The second-order valence-corrected chi connectivity index (χ2v) is 11.6. The quantitative estimate of drug-likeness (QED) is 0.268. The molecule has 0 bridgehead atoms. The van der Waals surface area contributed by atoms with Crippen molar-refractivity contribution in [3.05, 3.63) is 66.5 Å². The predicted molar refractivity (Wildman–Crippen MR) is 162 cm³/mol. The maximum atomic E-state index is 14.9. The Hall–Kier alpha value is -4.79. The molecule has 3 aromatic heterocycles. The number of piperidine rings is 1. The highest BCUT2D eigenvalue weighted by Gasteiger charge is 2.46. The summed E-state index contributed by atoms with van der Waals surface area (Å²) in [6, 6.07) is 7.38. The normalized spacial score (nSPS) is 18.5. The summed E-state index contributed by atoms with van der Waals surface area (Å²) in [7, 11) is 0. The van der Waals surface area contributed by atoms with Crippen molar-refractivity contribution in [2.75, 3.05) is 36.9 Å². The first-order valence-corrected chi connectivity index (χ1v) is 15.0. The van der Waals surface area contributed by atoms with E-state index < -0.39 is 12.3 Å². The van der Waals surface area contributed by atoms with Crippen LogP contribution in [0.25, 0.3) is 16.8 Å². The van der Waals surface area contributed by atoms with Gasteiger partial charge in [-0.25, -0.2) is 14.6 Å². The van der Waals surface area contributed by atoms with Gasteiger partial charge in [0.25, 0.3) is 0 Å². The predicted octanol–water partition coefficient (Wildman–Crippen LogP) is 4.20. The number of nitrogens with zero attached hydrogens (tertiary/aromatic N) is 7. The largest absolute Gasteiger partial charge is 0.465 e. The van der Waals surface area contributed by atoms with Gasteiger partial charge < -0.3 is 25.4 Å². The van der Waals surface area contributed by atoms with Gasteiger partial charge in [-0.2, -0.15) is 28.2 Å². The topological polar surface area (TPSA) is 146 Å². The zero-order chi connectivity index (χ0) is 32.5. The van der Waals surface area contributed by atoms with Crippen LogP contribution < -0.4 is 20.7 Å². The van der Waals surface area contributed by atoms with Crippen LogP contribution >= 0.6 is 0 Å². The Morgan fingerprint density at radius 1 is 1.13 bits per heavy atom. The first-order valence-electron chi connectivity index (χ1n) is 15.0. The minimum absolute atomic E-state index is 0.0801. The molecule has 2 aliphatic heterocycles. The van der Waals surface area contributed by atoms with E-state index in [-0.39, 0.29) is 40.5 Å². The number of nitrogens with one attached hydrogen (secondary N) is 1. The lowest BCUT2D eigenvalue weighted by atomic mass is 9.76. The van der Waals surface area contributed by atoms with Crippen LogP contribution in [-0.4, -0.2) is 74.1 Å². The van der Waals surface area contributed by atoms with E-state index in [4.69, 9.17) is 15.2 Å². The van der Waals surface area contributed by atoms with Gasteiger partial charge in [0.15, 0.2) is 0 Å². The average Bonchev–Trinajstić information content (AvgIpc) is 3.66. The van der Waals surface area contributed by atoms with Crippen molar-refractivity contribution < 1.29 is 27.4 Å². The lowest BCUT2D eigenvalue weighted by Crippen LogP contribution is -2.41. The van der Waals surface area contributed by atoms with Gasteiger partial charge in [-0.1, -0.05) is 6.07 Å². The van der Waals surface area contributed by atoms with Gasteiger partial charge in [-0.15, -0.1) is 0 Å². The van der Waals surface area contributed by atoms with Crippen molar-refractivity contribution >= 4 is 17.7 Å². The standard InChI is InChI=1S/C31H34F3N9O3/c1-3-45-28(44)23-14-30(17-38-23)7-10-42(11-8-30)25-13-26(40-29(35)39-25)46-27(31(32,33)34)22-12-20(21-15-36-18-37-16-21)4-5-24(22)43-9-6-19(2)41-43/h4-6,9,12-13,15-16,18,23,27,38H,3,7-8,10-11,14,17H2,1-2H3,(H2,35,39,40)/t23-,27+/m0/s1. The Balaban J connectivity index is 1.28. The number of nitrogens with two attached hydrogens (primary N) is 1. The Bertz CT molecular complexity index is 1690. The van der Waals surface area contributed by atoms with E-state index in [1.165, 1.54) is 35.5 Å². The number of nitrogen functional groups attached to an aromatic ring is 1. The number of halogens is 3. The van der Waals surface area contributed by atoms with Crippen molar-refractivity contribution in [1.29, 1.82) is 0 Å². The van der Waals surface area contributed by atoms with Gasteiger partial charge in [-0.05, 0) is 62.3 Å². The summed E-state index contributed by atoms with van der Waals surface area (Å²) in [5.74, 6) is -0.410. The van der Waals surface area contributed by atoms with Gasteiger partial charge >= 0.3 is 12.1 Å². The number of aromatic nitrogens is 6. The molecule has 0 aliphatic carbocycles. The van der Waals surface area contributed by atoms with Gasteiger partial charge in [0, 0.05) is 55.4 Å². The molecular weight excluding hydrogens is 603 g/mol. The number of hydrogen-bond acceptors (Lipinski definition) is 11. The van der Waals surface area contributed by atoms with E-state index in [0.29, 0.717) is 55.3 Å². The third kappa shape index (κ3) is 6.59. The first kappa shape index (κ1) is 31.2. The molecule has 1 spiro atoms. The number of carbonyl (C=O) groups is 1. The molecule has 5 heterocycles. The molecule has 0 amide bonds. The molecule has 3 N–H and O–H groups in total. The lowest BCUT2D eigenvalue weighted by molar-refractivity contribution is -0.198. The third-order valence-electron chi connectivity index (χ3n) is 8.50. The zero-order valence-corrected chi connectivity index (χ0v) is 25.4. The zero-order valence-electron chi connectivity index (χ0n) is 25.4.